The summed E-state index contributed by atoms with van der Waals surface area (Å²) in [5.74, 6) is 1.51. The molecular formula is C23H33N2O5+. The minimum atomic E-state index is -0.659. The van der Waals surface area contributed by atoms with Gasteiger partial charge in [0, 0.05) is 23.3 Å². The molecule has 30 heavy (non-hydrogen) atoms. The van der Waals surface area contributed by atoms with Gasteiger partial charge in [-0.15, -0.1) is 0 Å². The molecule has 1 atom stereocenters. The van der Waals surface area contributed by atoms with Crippen LogP contribution in [0.1, 0.15) is 31.9 Å². The molecule has 0 fully saturated rings. The number of hydrogen-bond donors (Lipinski definition) is 1. The fraction of sp³-hybridized carbons (Fsp3) is 0.478. The van der Waals surface area contributed by atoms with Crippen LogP contribution >= 0.6 is 0 Å². The third-order valence-electron chi connectivity index (χ3n) is 4.89. The van der Waals surface area contributed by atoms with Crippen molar-refractivity contribution >= 4 is 5.69 Å². The average Bonchev–Trinajstić information content (AvgIpc) is 2.65. The van der Waals surface area contributed by atoms with Gasteiger partial charge in [0.25, 0.3) is 5.69 Å². The van der Waals surface area contributed by atoms with Gasteiger partial charge in [0.2, 0.25) is 0 Å². The highest BCUT2D eigenvalue weighted by atomic mass is 16.6. The van der Waals surface area contributed by atoms with Gasteiger partial charge in [0.15, 0.2) is 0 Å². The quantitative estimate of drug-likeness (QED) is 0.380. The number of non-ortho nitro benzene ring substituents is 1. The summed E-state index contributed by atoms with van der Waals surface area (Å²) in [5, 5.41) is 21.4. The highest BCUT2D eigenvalue weighted by Crippen LogP contribution is 2.34. The topological polar surface area (TPSA) is 81.8 Å². The Kier molecular flexibility index (Phi) is 7.44. The lowest BCUT2D eigenvalue weighted by Gasteiger charge is -2.32. The highest BCUT2D eigenvalue weighted by Gasteiger charge is 2.24. The van der Waals surface area contributed by atoms with Crippen LogP contribution in [0, 0.1) is 10.1 Å². The Labute approximate surface area is 178 Å². The number of ether oxygens (including phenoxy) is 2. The van der Waals surface area contributed by atoms with Gasteiger partial charge in [0.1, 0.15) is 37.3 Å². The highest BCUT2D eigenvalue weighted by molar-refractivity contribution is 5.44. The van der Waals surface area contributed by atoms with Crippen LogP contribution in [0.2, 0.25) is 0 Å². The van der Waals surface area contributed by atoms with Crippen LogP contribution in [-0.2, 0) is 12.0 Å². The molecule has 0 radical (unpaired) electrons. The van der Waals surface area contributed by atoms with E-state index in [0.29, 0.717) is 17.6 Å². The molecule has 0 aliphatic heterocycles. The molecule has 7 nitrogen and oxygen atoms in total. The predicted octanol–water partition coefficient (Wildman–Crippen LogP) is 3.92. The van der Waals surface area contributed by atoms with Crippen molar-refractivity contribution in [3.63, 3.8) is 0 Å². The molecule has 1 N–H and O–H groups in total. The molecule has 2 aromatic carbocycles. The summed E-state index contributed by atoms with van der Waals surface area (Å²) in [6.45, 7) is 7.62. The number of benzene rings is 2. The van der Waals surface area contributed by atoms with Gasteiger partial charge in [-0.2, -0.15) is 0 Å². The Morgan fingerprint density at radius 1 is 1.13 bits per heavy atom. The smallest absolute Gasteiger partial charge is 0.269 e. The molecule has 0 aromatic heterocycles. The molecule has 0 amide bonds. The zero-order valence-electron chi connectivity index (χ0n) is 18.7. The van der Waals surface area contributed by atoms with Crippen molar-refractivity contribution in [1.82, 2.24) is 0 Å². The number of quaternary nitrogens is 1. The minimum Gasteiger partial charge on any atom is -0.497 e. The molecule has 0 saturated heterocycles. The van der Waals surface area contributed by atoms with E-state index in [1.54, 1.807) is 19.2 Å². The van der Waals surface area contributed by atoms with E-state index in [1.165, 1.54) is 12.1 Å². The number of aliphatic hydroxyl groups is 1. The van der Waals surface area contributed by atoms with Crippen molar-refractivity contribution in [2.24, 2.45) is 0 Å². The summed E-state index contributed by atoms with van der Waals surface area (Å²) in [7, 11) is 5.66. The molecule has 0 saturated carbocycles. The molecule has 2 aromatic rings. The van der Waals surface area contributed by atoms with Crippen LogP contribution < -0.4 is 9.47 Å². The Morgan fingerprint density at radius 2 is 1.77 bits per heavy atom. The number of nitrogens with zero attached hydrogens (tertiary/aromatic N) is 2. The summed E-state index contributed by atoms with van der Waals surface area (Å²) in [6, 6.07) is 12.2. The lowest BCUT2D eigenvalue weighted by Crippen LogP contribution is -2.46. The van der Waals surface area contributed by atoms with Gasteiger partial charge >= 0.3 is 0 Å². The number of aliphatic hydroxyl groups excluding tert-OH is 1. The summed E-state index contributed by atoms with van der Waals surface area (Å²) in [4.78, 5) is 10.4. The summed E-state index contributed by atoms with van der Waals surface area (Å²) >= 11 is 0. The molecule has 2 rings (SSSR count). The number of nitro groups is 1. The SMILES string of the molecule is COc1ccc(OC[C@H](O)C[N+](C)(C)Cc2ccc([N+](=O)[O-])cc2)c(C(C)(C)C)c1. The van der Waals surface area contributed by atoms with Gasteiger partial charge in [-0.3, -0.25) is 10.1 Å². The van der Waals surface area contributed by atoms with E-state index < -0.39 is 11.0 Å². The third kappa shape index (κ3) is 6.71. The second-order valence-electron chi connectivity index (χ2n) is 9.28. The van der Waals surface area contributed by atoms with Crippen molar-refractivity contribution in [3.05, 3.63) is 63.7 Å². The van der Waals surface area contributed by atoms with E-state index in [0.717, 1.165) is 22.6 Å². The first-order chi connectivity index (χ1) is 13.9. The third-order valence-corrected chi connectivity index (χ3v) is 4.89. The number of nitro benzene ring substituents is 1. The van der Waals surface area contributed by atoms with Crippen molar-refractivity contribution in [3.8, 4) is 11.5 Å². The van der Waals surface area contributed by atoms with Crippen LogP contribution in [0.5, 0.6) is 11.5 Å². The van der Waals surface area contributed by atoms with E-state index >= 15 is 0 Å². The maximum Gasteiger partial charge on any atom is 0.269 e. The first kappa shape index (κ1) is 23.6. The zero-order valence-corrected chi connectivity index (χ0v) is 18.7. The second-order valence-corrected chi connectivity index (χ2v) is 9.28. The molecule has 0 aliphatic carbocycles. The lowest BCUT2D eigenvalue weighted by molar-refractivity contribution is -0.906. The van der Waals surface area contributed by atoms with Crippen molar-refractivity contribution in [1.29, 1.82) is 0 Å². The fourth-order valence-electron chi connectivity index (χ4n) is 3.44. The number of hydrogen-bond acceptors (Lipinski definition) is 5. The van der Waals surface area contributed by atoms with Gasteiger partial charge in [-0.1, -0.05) is 20.8 Å². The van der Waals surface area contributed by atoms with E-state index in [9.17, 15) is 15.2 Å². The lowest BCUT2D eigenvalue weighted by atomic mass is 9.86. The first-order valence-electron chi connectivity index (χ1n) is 9.96. The van der Waals surface area contributed by atoms with Crippen LogP contribution in [0.15, 0.2) is 42.5 Å². The largest absolute Gasteiger partial charge is 0.497 e. The Balaban J connectivity index is 1.99. The summed E-state index contributed by atoms with van der Waals surface area (Å²) < 4.78 is 11.8. The van der Waals surface area contributed by atoms with E-state index in [2.05, 4.69) is 20.8 Å². The van der Waals surface area contributed by atoms with Crippen LogP contribution in [0.3, 0.4) is 0 Å². The van der Waals surface area contributed by atoms with Crippen molar-refractivity contribution < 1.29 is 24.0 Å². The van der Waals surface area contributed by atoms with Crippen molar-refractivity contribution in [2.45, 2.75) is 38.8 Å². The molecule has 164 valence electrons. The molecule has 0 spiro atoms. The number of likely N-dealkylation sites (N-methyl/N-ethyl adjacent to an activating group) is 1. The normalized spacial score (nSPS) is 13.0. The van der Waals surface area contributed by atoms with Crippen LogP contribution in [0.25, 0.3) is 0 Å². The Bertz CT molecular complexity index is 857. The maximum atomic E-state index is 10.8. The maximum absolute atomic E-state index is 10.8. The number of methoxy groups -OCH3 is 1. The van der Waals surface area contributed by atoms with Gasteiger partial charge in [0.05, 0.1) is 26.1 Å². The van der Waals surface area contributed by atoms with Gasteiger partial charge < -0.3 is 19.1 Å². The Morgan fingerprint density at radius 3 is 2.30 bits per heavy atom. The van der Waals surface area contributed by atoms with E-state index in [-0.39, 0.29) is 17.7 Å². The molecular weight excluding hydrogens is 384 g/mol. The van der Waals surface area contributed by atoms with Crippen molar-refractivity contribution in [2.75, 3.05) is 34.4 Å². The van der Waals surface area contributed by atoms with E-state index in [4.69, 9.17) is 9.47 Å². The van der Waals surface area contributed by atoms with Crippen LogP contribution in [-0.4, -0.2) is 55.0 Å². The molecule has 0 aliphatic rings. The zero-order chi connectivity index (χ0) is 22.5. The summed E-state index contributed by atoms with van der Waals surface area (Å²) in [5.41, 5.74) is 1.95. The minimum absolute atomic E-state index is 0.0756. The monoisotopic (exact) mass is 417 g/mol. The molecule has 0 unspecified atom stereocenters. The van der Waals surface area contributed by atoms with Gasteiger partial charge in [-0.25, -0.2) is 0 Å². The Hall–Kier alpha value is -2.64. The number of rotatable bonds is 9. The summed E-state index contributed by atoms with van der Waals surface area (Å²) in [6.07, 6.45) is -0.659. The molecule has 0 bridgehead atoms. The second kappa shape index (κ2) is 9.45. The molecule has 0 heterocycles. The average molecular weight is 418 g/mol. The predicted molar refractivity (Wildman–Crippen MR) is 117 cm³/mol. The van der Waals surface area contributed by atoms with Gasteiger partial charge in [-0.05, 0) is 35.7 Å². The van der Waals surface area contributed by atoms with E-state index in [1.807, 2.05) is 32.3 Å². The standard InChI is InChI=1S/C23H33N2O5/c1-23(2,3)21-13-20(29-6)11-12-22(21)30-16-19(26)15-25(4,5)14-17-7-9-18(10-8-17)24(27)28/h7-13,19,26H,14-16H2,1-6H3/q+1/t19-/m1/s1. The van der Waals surface area contributed by atoms with Crippen LogP contribution in [0.4, 0.5) is 5.69 Å². The first-order valence-corrected chi connectivity index (χ1v) is 9.96. The fourth-order valence-corrected chi connectivity index (χ4v) is 3.44. The molecule has 7 heteroatoms.